The first kappa shape index (κ1) is 14.5. The van der Waals surface area contributed by atoms with Crippen LogP contribution in [-0.2, 0) is 6.54 Å². The molecule has 0 aromatic carbocycles. The molecule has 0 spiro atoms. The lowest BCUT2D eigenvalue weighted by molar-refractivity contribution is -0.384. The fraction of sp³-hybridized carbons (Fsp3) is 0.615. The van der Waals surface area contributed by atoms with Gasteiger partial charge < -0.3 is 15.2 Å². The van der Waals surface area contributed by atoms with Crippen LogP contribution in [-0.4, -0.2) is 39.4 Å². The van der Waals surface area contributed by atoms with E-state index in [1.54, 1.807) is 9.47 Å². The third-order valence-corrected chi connectivity index (χ3v) is 3.73. The average Bonchev–Trinajstić information content (AvgIpc) is 2.94. The highest BCUT2D eigenvalue weighted by molar-refractivity contribution is 5.93. The summed E-state index contributed by atoms with van der Waals surface area (Å²) in [5.41, 5.74) is 6.26. The molecular weight excluding hydrogens is 260 g/mol. The van der Waals surface area contributed by atoms with Crippen molar-refractivity contribution in [1.29, 1.82) is 0 Å². The van der Waals surface area contributed by atoms with Crippen molar-refractivity contribution in [3.05, 3.63) is 28.1 Å². The van der Waals surface area contributed by atoms with Gasteiger partial charge in [0.1, 0.15) is 5.69 Å². The molecule has 0 aliphatic carbocycles. The van der Waals surface area contributed by atoms with E-state index in [9.17, 15) is 14.9 Å². The Morgan fingerprint density at radius 1 is 1.55 bits per heavy atom. The topological polar surface area (TPSA) is 94.4 Å². The number of amides is 1. The number of nitrogens with two attached hydrogens (primary N) is 1. The van der Waals surface area contributed by atoms with Crippen molar-refractivity contribution in [3.8, 4) is 0 Å². The smallest absolute Gasteiger partial charge is 0.287 e. The Balaban J connectivity index is 2.26. The summed E-state index contributed by atoms with van der Waals surface area (Å²) in [6.45, 7) is 5.67. The quantitative estimate of drug-likeness (QED) is 0.662. The van der Waals surface area contributed by atoms with Gasteiger partial charge in [-0.05, 0) is 12.3 Å². The molecule has 2 atom stereocenters. The van der Waals surface area contributed by atoms with E-state index in [1.807, 2.05) is 13.8 Å². The number of aromatic nitrogens is 1. The van der Waals surface area contributed by atoms with Gasteiger partial charge >= 0.3 is 0 Å². The summed E-state index contributed by atoms with van der Waals surface area (Å²) in [4.78, 5) is 24.6. The molecule has 0 radical (unpaired) electrons. The fourth-order valence-electron chi connectivity index (χ4n) is 2.52. The standard InChI is InChI=1S/C13H20N4O3/c1-3-4-15-7-10(17(19)20)5-12(15)13(18)16-6-9(2)11(14)8-16/h5,7,9,11H,3-4,6,8,14H2,1-2H3. The first-order valence-electron chi connectivity index (χ1n) is 6.83. The second-order valence-corrected chi connectivity index (χ2v) is 5.39. The SMILES string of the molecule is CCCn1cc([N+](=O)[O-])cc1C(=O)N1CC(C)C(N)C1. The molecule has 1 fully saturated rings. The minimum absolute atomic E-state index is 0.0245. The van der Waals surface area contributed by atoms with E-state index < -0.39 is 4.92 Å². The summed E-state index contributed by atoms with van der Waals surface area (Å²) in [6.07, 6.45) is 2.23. The summed E-state index contributed by atoms with van der Waals surface area (Å²) in [5, 5.41) is 10.9. The van der Waals surface area contributed by atoms with Crippen molar-refractivity contribution < 1.29 is 9.72 Å². The van der Waals surface area contributed by atoms with E-state index in [0.29, 0.717) is 25.3 Å². The number of carbonyl (C=O) groups excluding carboxylic acids is 1. The third kappa shape index (κ3) is 2.67. The Morgan fingerprint density at radius 2 is 2.25 bits per heavy atom. The average molecular weight is 280 g/mol. The lowest BCUT2D eigenvalue weighted by Gasteiger charge is -2.16. The highest BCUT2D eigenvalue weighted by Crippen LogP contribution is 2.22. The lowest BCUT2D eigenvalue weighted by Crippen LogP contribution is -2.33. The summed E-state index contributed by atoms with van der Waals surface area (Å²) in [6, 6.07) is 1.33. The van der Waals surface area contributed by atoms with E-state index in [0.717, 1.165) is 6.42 Å². The molecule has 1 aromatic heterocycles. The largest absolute Gasteiger partial charge is 0.337 e. The minimum Gasteiger partial charge on any atom is -0.337 e. The van der Waals surface area contributed by atoms with Crippen LogP contribution in [0.1, 0.15) is 30.8 Å². The molecule has 2 heterocycles. The van der Waals surface area contributed by atoms with E-state index in [1.165, 1.54) is 12.3 Å². The van der Waals surface area contributed by atoms with Gasteiger partial charge in [-0.15, -0.1) is 0 Å². The van der Waals surface area contributed by atoms with Gasteiger partial charge in [-0.25, -0.2) is 0 Å². The minimum atomic E-state index is -0.471. The van der Waals surface area contributed by atoms with Crippen LogP contribution in [0.15, 0.2) is 12.3 Å². The maximum atomic E-state index is 12.5. The molecule has 1 aliphatic heterocycles. The van der Waals surface area contributed by atoms with Crippen LogP contribution >= 0.6 is 0 Å². The highest BCUT2D eigenvalue weighted by Gasteiger charge is 2.32. The fourth-order valence-corrected chi connectivity index (χ4v) is 2.52. The molecule has 0 bridgehead atoms. The molecule has 1 saturated heterocycles. The number of nitro groups is 1. The van der Waals surface area contributed by atoms with Crippen molar-refractivity contribution in [2.24, 2.45) is 11.7 Å². The molecule has 7 nitrogen and oxygen atoms in total. The summed E-state index contributed by atoms with van der Waals surface area (Å²) in [5.74, 6) is 0.0786. The molecular formula is C13H20N4O3. The Bertz CT molecular complexity index is 516. The van der Waals surface area contributed by atoms with Crippen LogP contribution in [0.25, 0.3) is 0 Å². The van der Waals surface area contributed by atoms with Crippen LogP contribution in [0, 0.1) is 16.0 Å². The van der Waals surface area contributed by atoms with Gasteiger partial charge in [-0.3, -0.25) is 14.9 Å². The zero-order chi connectivity index (χ0) is 14.9. The van der Waals surface area contributed by atoms with Gasteiger partial charge in [0.25, 0.3) is 11.6 Å². The monoisotopic (exact) mass is 280 g/mol. The Labute approximate surface area is 117 Å². The number of carbonyl (C=O) groups is 1. The molecule has 20 heavy (non-hydrogen) atoms. The van der Waals surface area contributed by atoms with Crippen molar-refractivity contribution >= 4 is 11.6 Å². The van der Waals surface area contributed by atoms with Gasteiger partial charge in [0.2, 0.25) is 0 Å². The number of hydrogen-bond acceptors (Lipinski definition) is 4. The number of nitrogens with zero attached hydrogens (tertiary/aromatic N) is 3. The van der Waals surface area contributed by atoms with E-state index >= 15 is 0 Å². The number of rotatable bonds is 4. The maximum absolute atomic E-state index is 12.5. The van der Waals surface area contributed by atoms with Crippen molar-refractivity contribution in [1.82, 2.24) is 9.47 Å². The van der Waals surface area contributed by atoms with Crippen LogP contribution in [0.3, 0.4) is 0 Å². The molecule has 0 saturated carbocycles. The summed E-state index contributed by atoms with van der Waals surface area (Å²) in [7, 11) is 0. The predicted octanol–water partition coefficient (Wildman–Crippen LogP) is 1.23. The van der Waals surface area contributed by atoms with Crippen molar-refractivity contribution in [3.63, 3.8) is 0 Å². The first-order chi connectivity index (χ1) is 9.43. The van der Waals surface area contributed by atoms with Gasteiger partial charge in [-0.2, -0.15) is 0 Å². The van der Waals surface area contributed by atoms with E-state index in [4.69, 9.17) is 5.73 Å². The van der Waals surface area contributed by atoms with Gasteiger partial charge in [0, 0.05) is 31.7 Å². The van der Waals surface area contributed by atoms with Gasteiger partial charge in [0.15, 0.2) is 0 Å². The van der Waals surface area contributed by atoms with Crippen LogP contribution in [0.2, 0.25) is 0 Å². The predicted molar refractivity (Wildman–Crippen MR) is 74.4 cm³/mol. The zero-order valence-corrected chi connectivity index (χ0v) is 11.8. The van der Waals surface area contributed by atoms with E-state index in [-0.39, 0.29) is 23.6 Å². The van der Waals surface area contributed by atoms with Gasteiger partial charge in [-0.1, -0.05) is 13.8 Å². The van der Waals surface area contributed by atoms with Crippen LogP contribution in [0.4, 0.5) is 5.69 Å². The highest BCUT2D eigenvalue weighted by atomic mass is 16.6. The lowest BCUT2D eigenvalue weighted by atomic mass is 10.1. The Kier molecular flexibility index (Phi) is 4.08. The molecule has 7 heteroatoms. The first-order valence-corrected chi connectivity index (χ1v) is 6.83. The molecule has 1 amide bonds. The number of likely N-dealkylation sites (tertiary alicyclic amines) is 1. The maximum Gasteiger partial charge on any atom is 0.287 e. The molecule has 110 valence electrons. The van der Waals surface area contributed by atoms with Gasteiger partial charge in [0.05, 0.1) is 11.1 Å². The number of hydrogen-bond donors (Lipinski definition) is 1. The van der Waals surface area contributed by atoms with Crippen LogP contribution < -0.4 is 5.73 Å². The third-order valence-electron chi connectivity index (χ3n) is 3.73. The molecule has 1 aromatic rings. The number of aryl methyl sites for hydroxylation is 1. The van der Waals surface area contributed by atoms with Crippen molar-refractivity contribution in [2.75, 3.05) is 13.1 Å². The Morgan fingerprint density at radius 3 is 2.75 bits per heavy atom. The normalized spacial score (nSPS) is 22.2. The summed E-state index contributed by atoms with van der Waals surface area (Å²) < 4.78 is 1.66. The molecule has 2 N–H and O–H groups in total. The second-order valence-electron chi connectivity index (χ2n) is 5.39. The van der Waals surface area contributed by atoms with Crippen LogP contribution in [0.5, 0.6) is 0 Å². The second kappa shape index (κ2) is 5.62. The zero-order valence-electron chi connectivity index (χ0n) is 11.8. The molecule has 1 aliphatic rings. The molecule has 2 rings (SSSR count). The van der Waals surface area contributed by atoms with Crippen molar-refractivity contribution in [2.45, 2.75) is 32.9 Å². The van der Waals surface area contributed by atoms with E-state index in [2.05, 4.69) is 0 Å². The summed E-state index contributed by atoms with van der Waals surface area (Å²) >= 11 is 0. The molecule has 2 unspecified atom stereocenters. The Hall–Kier alpha value is -1.89.